The Labute approximate surface area is 185 Å². The van der Waals surface area contributed by atoms with Gasteiger partial charge in [0.15, 0.2) is 5.11 Å². The van der Waals surface area contributed by atoms with Gasteiger partial charge in [-0.1, -0.05) is 49.7 Å². The predicted molar refractivity (Wildman–Crippen MR) is 126 cm³/mol. The highest BCUT2D eigenvalue weighted by atomic mass is 35.5. The first-order valence-corrected chi connectivity index (χ1v) is 10.9. The van der Waals surface area contributed by atoms with Crippen molar-refractivity contribution in [2.45, 2.75) is 32.7 Å². The van der Waals surface area contributed by atoms with E-state index < -0.39 is 5.97 Å². The number of halogens is 1. The van der Waals surface area contributed by atoms with Crippen molar-refractivity contribution in [1.82, 2.24) is 5.32 Å². The van der Waals surface area contributed by atoms with Gasteiger partial charge in [-0.15, -0.1) is 11.3 Å². The number of carbonyl (C=O) groups excluding carboxylic acids is 1. The molecule has 152 valence electrons. The van der Waals surface area contributed by atoms with Crippen LogP contribution in [0.2, 0.25) is 5.02 Å². The zero-order valence-electron chi connectivity index (χ0n) is 16.7. The van der Waals surface area contributed by atoms with Crippen LogP contribution in [0.15, 0.2) is 42.5 Å². The van der Waals surface area contributed by atoms with Gasteiger partial charge in [0.05, 0.1) is 18.2 Å². The van der Waals surface area contributed by atoms with Crippen LogP contribution < -0.4 is 10.6 Å². The van der Waals surface area contributed by atoms with Crippen LogP contribution in [0.4, 0.5) is 5.69 Å². The molecule has 0 fully saturated rings. The van der Waals surface area contributed by atoms with Crippen LogP contribution in [0.1, 0.15) is 53.5 Å². The molecule has 1 aromatic heterocycles. The summed E-state index contributed by atoms with van der Waals surface area (Å²) < 4.78 is 5.68. The number of hydrogen-bond donors (Lipinski definition) is 2. The van der Waals surface area contributed by atoms with Crippen LogP contribution >= 0.6 is 35.2 Å². The number of carbonyl (C=O) groups is 1. The lowest BCUT2D eigenvalue weighted by Crippen LogP contribution is -2.30. The maximum Gasteiger partial charge on any atom is 0.349 e. The molecule has 29 heavy (non-hydrogen) atoms. The molecule has 0 radical (unpaired) electrons. The van der Waals surface area contributed by atoms with Crippen LogP contribution in [0, 0.1) is 0 Å². The largest absolute Gasteiger partial charge is 0.465 e. The van der Waals surface area contributed by atoms with Crippen LogP contribution in [-0.4, -0.2) is 18.2 Å². The van der Waals surface area contributed by atoms with E-state index in [9.17, 15) is 4.79 Å². The first-order valence-electron chi connectivity index (χ1n) is 9.28. The molecule has 0 aliphatic heterocycles. The van der Waals surface area contributed by atoms with Crippen molar-refractivity contribution < 1.29 is 9.53 Å². The fraction of sp³-hybridized carbons (Fsp3) is 0.273. The normalized spacial score (nSPS) is 12.1. The topological polar surface area (TPSA) is 50.4 Å². The summed E-state index contributed by atoms with van der Waals surface area (Å²) in [7, 11) is 1.34. The SMILES string of the molecule is COC(=O)c1sc2cc(NC(=S)NC(C)c3ccc(C(C)C)cc3)ccc2c1Cl. The smallest absolute Gasteiger partial charge is 0.349 e. The summed E-state index contributed by atoms with van der Waals surface area (Å²) in [5.41, 5.74) is 3.31. The van der Waals surface area contributed by atoms with Gasteiger partial charge >= 0.3 is 5.97 Å². The molecule has 1 heterocycles. The van der Waals surface area contributed by atoms with Gasteiger partial charge in [-0.05, 0) is 54.4 Å². The standard InChI is InChI=1S/C22H23ClN2O2S2/c1-12(2)14-5-7-15(8-6-14)13(3)24-22(28)25-16-9-10-17-18(11-16)29-20(19(17)23)21(26)27-4/h5-13H,1-4H3,(H2,24,25,28). The Morgan fingerprint density at radius 1 is 1.10 bits per heavy atom. The summed E-state index contributed by atoms with van der Waals surface area (Å²) >= 11 is 13.1. The maximum absolute atomic E-state index is 11.8. The number of fused-ring (bicyclic) bond motifs is 1. The lowest BCUT2D eigenvalue weighted by Gasteiger charge is -2.18. The first-order chi connectivity index (χ1) is 13.8. The molecular formula is C22H23ClN2O2S2. The molecule has 0 aliphatic rings. The summed E-state index contributed by atoms with van der Waals surface area (Å²) in [5.74, 6) is 0.0793. The molecule has 0 spiro atoms. The maximum atomic E-state index is 11.8. The summed E-state index contributed by atoms with van der Waals surface area (Å²) in [5, 5.41) is 8.28. The molecule has 2 aromatic carbocycles. The number of hydrogen-bond acceptors (Lipinski definition) is 4. The fourth-order valence-corrected chi connectivity index (χ4v) is 4.74. The van der Waals surface area contributed by atoms with E-state index in [1.165, 1.54) is 29.6 Å². The van der Waals surface area contributed by atoms with Gasteiger partial charge in [0.2, 0.25) is 0 Å². The number of ether oxygens (including phenoxy) is 1. The van der Waals surface area contributed by atoms with Crippen molar-refractivity contribution in [3.05, 3.63) is 63.5 Å². The minimum atomic E-state index is -0.430. The Bertz CT molecular complexity index is 1040. The van der Waals surface area contributed by atoms with Gasteiger partial charge in [0.25, 0.3) is 0 Å². The van der Waals surface area contributed by atoms with Crippen molar-refractivity contribution in [3.63, 3.8) is 0 Å². The quantitative estimate of drug-likeness (QED) is 0.345. The highest BCUT2D eigenvalue weighted by Gasteiger charge is 2.18. The summed E-state index contributed by atoms with van der Waals surface area (Å²) in [6.45, 7) is 6.44. The van der Waals surface area contributed by atoms with E-state index in [4.69, 9.17) is 28.6 Å². The molecule has 3 rings (SSSR count). The van der Waals surface area contributed by atoms with E-state index in [0.717, 1.165) is 15.8 Å². The van der Waals surface area contributed by atoms with Crippen LogP contribution in [0.3, 0.4) is 0 Å². The lowest BCUT2D eigenvalue weighted by molar-refractivity contribution is 0.0606. The molecule has 0 bridgehead atoms. The average Bonchev–Trinajstić information content (AvgIpc) is 3.03. The summed E-state index contributed by atoms with van der Waals surface area (Å²) in [4.78, 5) is 12.2. The van der Waals surface area contributed by atoms with E-state index >= 15 is 0 Å². The number of thiocarbonyl (C=S) groups is 1. The van der Waals surface area contributed by atoms with E-state index in [1.807, 2.05) is 18.2 Å². The monoisotopic (exact) mass is 446 g/mol. The zero-order valence-corrected chi connectivity index (χ0v) is 19.1. The number of methoxy groups -OCH3 is 1. The number of thiophene rings is 1. The molecule has 0 saturated heterocycles. The number of rotatable bonds is 5. The molecule has 0 aliphatic carbocycles. The van der Waals surface area contributed by atoms with Crippen molar-refractivity contribution in [3.8, 4) is 0 Å². The molecular weight excluding hydrogens is 424 g/mol. The molecule has 7 heteroatoms. The number of anilines is 1. The average molecular weight is 447 g/mol. The van der Waals surface area contributed by atoms with Gasteiger partial charge in [0, 0.05) is 15.8 Å². The molecule has 4 nitrogen and oxygen atoms in total. The second kappa shape index (κ2) is 9.11. The lowest BCUT2D eigenvalue weighted by atomic mass is 10.00. The van der Waals surface area contributed by atoms with E-state index in [1.54, 1.807) is 0 Å². The number of esters is 1. The fourth-order valence-electron chi connectivity index (χ4n) is 2.98. The van der Waals surface area contributed by atoms with Crippen molar-refractivity contribution in [2.24, 2.45) is 0 Å². The Kier molecular flexibility index (Phi) is 6.77. The second-order valence-electron chi connectivity index (χ2n) is 7.09. The Morgan fingerprint density at radius 3 is 2.38 bits per heavy atom. The van der Waals surface area contributed by atoms with Gasteiger partial charge in [0.1, 0.15) is 4.88 Å². The molecule has 0 saturated carbocycles. The molecule has 1 unspecified atom stereocenters. The van der Waals surface area contributed by atoms with Crippen LogP contribution in [-0.2, 0) is 4.74 Å². The Balaban J connectivity index is 1.69. The van der Waals surface area contributed by atoms with Crippen molar-refractivity contribution in [1.29, 1.82) is 0 Å². The van der Waals surface area contributed by atoms with Crippen molar-refractivity contribution >= 4 is 62.0 Å². The second-order valence-corrected chi connectivity index (χ2v) is 8.93. The Hall–Kier alpha value is -2.15. The van der Waals surface area contributed by atoms with Gasteiger partial charge < -0.3 is 15.4 Å². The third kappa shape index (κ3) is 4.89. The van der Waals surface area contributed by atoms with Crippen LogP contribution in [0.25, 0.3) is 10.1 Å². The number of nitrogens with one attached hydrogen (secondary N) is 2. The highest BCUT2D eigenvalue weighted by molar-refractivity contribution is 7.80. The predicted octanol–water partition coefficient (Wildman–Crippen LogP) is 6.51. The van der Waals surface area contributed by atoms with E-state index in [-0.39, 0.29) is 6.04 Å². The first kappa shape index (κ1) is 21.6. The highest BCUT2D eigenvalue weighted by Crippen LogP contribution is 2.37. The van der Waals surface area contributed by atoms with Crippen molar-refractivity contribution in [2.75, 3.05) is 12.4 Å². The van der Waals surface area contributed by atoms with E-state index in [0.29, 0.717) is 20.9 Å². The van der Waals surface area contributed by atoms with E-state index in [2.05, 4.69) is 55.7 Å². The van der Waals surface area contributed by atoms with Crippen LogP contribution in [0.5, 0.6) is 0 Å². The minimum absolute atomic E-state index is 0.0713. The zero-order chi connectivity index (χ0) is 21.1. The van der Waals surface area contributed by atoms with Gasteiger partial charge in [-0.2, -0.15) is 0 Å². The molecule has 3 aromatic rings. The summed E-state index contributed by atoms with van der Waals surface area (Å²) in [6.07, 6.45) is 0. The third-order valence-electron chi connectivity index (χ3n) is 4.71. The number of benzene rings is 2. The molecule has 0 amide bonds. The molecule has 1 atom stereocenters. The molecule has 2 N–H and O–H groups in total. The minimum Gasteiger partial charge on any atom is -0.465 e. The third-order valence-corrected chi connectivity index (χ3v) is 6.57. The van der Waals surface area contributed by atoms with Gasteiger partial charge in [-0.25, -0.2) is 4.79 Å². The van der Waals surface area contributed by atoms with Gasteiger partial charge in [-0.3, -0.25) is 0 Å². The summed E-state index contributed by atoms with van der Waals surface area (Å²) in [6, 6.07) is 14.3. The Morgan fingerprint density at radius 2 is 1.76 bits per heavy atom.